The van der Waals surface area contributed by atoms with Gasteiger partial charge in [0.2, 0.25) is 0 Å². The van der Waals surface area contributed by atoms with Gasteiger partial charge < -0.3 is 9.84 Å². The van der Waals surface area contributed by atoms with Crippen molar-refractivity contribution in [2.24, 2.45) is 11.8 Å². The summed E-state index contributed by atoms with van der Waals surface area (Å²) in [4.78, 5) is 18.2. The normalized spacial score (nSPS) is 18.9. The first-order chi connectivity index (χ1) is 17.4. The van der Waals surface area contributed by atoms with Gasteiger partial charge in [0.1, 0.15) is 11.9 Å². The summed E-state index contributed by atoms with van der Waals surface area (Å²) in [7, 11) is 1.55. The highest BCUT2D eigenvalue weighted by Crippen LogP contribution is 2.35. The molecule has 1 aromatic heterocycles. The maximum Gasteiger partial charge on any atom is 0.308 e. The number of likely N-dealkylation sites (tertiary alicyclic amines) is 1. The van der Waals surface area contributed by atoms with Crippen LogP contribution in [0.5, 0.6) is 5.75 Å². The van der Waals surface area contributed by atoms with Gasteiger partial charge >= 0.3 is 5.97 Å². The molecule has 0 unspecified atom stereocenters. The number of alkyl halides is 1. The van der Waals surface area contributed by atoms with Crippen molar-refractivity contribution in [2.75, 3.05) is 26.7 Å². The quantitative estimate of drug-likeness (QED) is 0.445. The van der Waals surface area contributed by atoms with Crippen molar-refractivity contribution in [1.29, 1.82) is 0 Å². The number of methoxy groups -OCH3 is 1. The summed E-state index contributed by atoms with van der Waals surface area (Å²) in [6.45, 7) is 1.25. The molecule has 8 heteroatoms. The fourth-order valence-electron chi connectivity index (χ4n) is 4.73. The summed E-state index contributed by atoms with van der Waals surface area (Å²) < 4.78 is 47.0. The zero-order valence-corrected chi connectivity index (χ0v) is 19.9. The van der Waals surface area contributed by atoms with Crippen LogP contribution >= 0.6 is 0 Å². The number of carboxylic acid groups (broad SMARTS) is 1. The molecule has 0 spiro atoms. The molecule has 4 rings (SSSR count). The molecule has 1 aliphatic heterocycles. The van der Waals surface area contributed by atoms with E-state index in [1.165, 1.54) is 6.07 Å². The molecule has 1 N–H and O–H groups in total. The Labute approximate surface area is 207 Å². The number of rotatable bonds is 7. The molecule has 3 atom stereocenters. The highest BCUT2D eigenvalue weighted by atomic mass is 19.2. The molecular weight excluding hydrogens is 469 g/mol. The number of halogens is 3. The summed E-state index contributed by atoms with van der Waals surface area (Å²) in [6.07, 6.45) is 1.59. The second-order valence-corrected chi connectivity index (χ2v) is 8.99. The summed E-state index contributed by atoms with van der Waals surface area (Å²) in [5, 5.41) is 10.5. The molecule has 188 valence electrons. The van der Waals surface area contributed by atoms with Crippen molar-refractivity contribution in [2.45, 2.75) is 25.4 Å². The average molecular weight is 497 g/mol. The minimum Gasteiger partial charge on any atom is -0.497 e. The highest BCUT2D eigenvalue weighted by molar-refractivity contribution is 5.83. The minimum absolute atomic E-state index is 0.154. The van der Waals surface area contributed by atoms with Crippen molar-refractivity contribution in [3.05, 3.63) is 71.4 Å². The van der Waals surface area contributed by atoms with Gasteiger partial charge in [-0.1, -0.05) is 11.8 Å². The topological polar surface area (TPSA) is 62.7 Å². The van der Waals surface area contributed by atoms with Crippen molar-refractivity contribution < 1.29 is 27.8 Å². The Bertz CT molecular complexity index is 1300. The van der Waals surface area contributed by atoms with E-state index in [1.807, 2.05) is 4.90 Å². The van der Waals surface area contributed by atoms with Gasteiger partial charge in [-0.3, -0.25) is 14.7 Å². The van der Waals surface area contributed by atoms with Crippen LogP contribution in [0.3, 0.4) is 0 Å². The fraction of sp³-hybridized carbons (Fsp3) is 0.357. The van der Waals surface area contributed by atoms with Gasteiger partial charge in [0, 0.05) is 23.7 Å². The van der Waals surface area contributed by atoms with Crippen molar-refractivity contribution in [3.8, 4) is 17.6 Å². The SMILES string of the molecule is COc1ccc2nccc([C@H](F)CC[C@@H]3CCN(CC#Cc4ccc(F)c(F)c4)C[C@@H]3C(=O)O)c2c1. The number of nitrogens with zero attached hydrogens (tertiary/aromatic N) is 2. The van der Waals surface area contributed by atoms with Crippen LogP contribution in [-0.2, 0) is 4.79 Å². The van der Waals surface area contributed by atoms with Crippen LogP contribution < -0.4 is 4.74 Å². The van der Waals surface area contributed by atoms with Crippen molar-refractivity contribution in [3.63, 3.8) is 0 Å². The Morgan fingerprint density at radius 3 is 2.81 bits per heavy atom. The molecule has 36 heavy (non-hydrogen) atoms. The number of carboxylic acids is 1. The Morgan fingerprint density at radius 1 is 1.22 bits per heavy atom. The van der Waals surface area contributed by atoms with Gasteiger partial charge in [-0.05, 0) is 79.8 Å². The van der Waals surface area contributed by atoms with E-state index in [1.54, 1.807) is 37.6 Å². The molecular formula is C28H27F3N2O3. The van der Waals surface area contributed by atoms with Crippen LogP contribution in [0.15, 0.2) is 48.7 Å². The van der Waals surface area contributed by atoms with Crippen LogP contribution in [0, 0.1) is 35.3 Å². The average Bonchev–Trinajstić information content (AvgIpc) is 2.88. The third-order valence-corrected chi connectivity index (χ3v) is 6.72. The molecule has 0 aliphatic carbocycles. The lowest BCUT2D eigenvalue weighted by Crippen LogP contribution is -2.44. The maximum absolute atomic E-state index is 15.3. The number of hydrogen-bond acceptors (Lipinski definition) is 4. The van der Waals surface area contributed by atoms with Crippen LogP contribution in [0.25, 0.3) is 10.9 Å². The molecule has 2 heterocycles. The molecule has 2 aromatic carbocycles. The molecule has 3 aromatic rings. The lowest BCUT2D eigenvalue weighted by atomic mass is 9.81. The Morgan fingerprint density at radius 2 is 2.06 bits per heavy atom. The molecule has 1 fully saturated rings. The first-order valence-corrected chi connectivity index (χ1v) is 11.8. The molecule has 0 amide bonds. The number of fused-ring (bicyclic) bond motifs is 1. The standard InChI is InChI=1S/C28H27F3N2O3/c1-36-20-6-9-27-22(16-20)21(10-12-32-27)24(29)8-5-19-11-14-33(17-23(19)28(34)35)13-2-3-18-4-7-25(30)26(31)15-18/h4,6-7,9-10,12,15-16,19,23-24H,5,8,11,13-14,17H2,1H3,(H,34,35)/t19-,23+,24-/m1/s1. The Hall–Kier alpha value is -3.57. The number of hydrogen-bond donors (Lipinski definition) is 1. The third kappa shape index (κ3) is 5.97. The molecule has 1 aliphatic rings. The fourth-order valence-corrected chi connectivity index (χ4v) is 4.73. The van der Waals surface area contributed by atoms with E-state index in [-0.39, 0.29) is 12.3 Å². The van der Waals surface area contributed by atoms with E-state index in [0.717, 1.165) is 12.1 Å². The number of aromatic nitrogens is 1. The first-order valence-electron chi connectivity index (χ1n) is 11.8. The maximum atomic E-state index is 15.3. The predicted octanol–water partition coefficient (Wildman–Crippen LogP) is 5.39. The molecule has 0 saturated carbocycles. The number of pyridine rings is 1. The summed E-state index contributed by atoms with van der Waals surface area (Å²) >= 11 is 0. The summed E-state index contributed by atoms with van der Waals surface area (Å²) in [5.41, 5.74) is 1.56. The van der Waals surface area contributed by atoms with Crippen LogP contribution in [0.1, 0.15) is 36.6 Å². The lowest BCUT2D eigenvalue weighted by molar-refractivity contribution is -0.146. The van der Waals surface area contributed by atoms with E-state index in [2.05, 4.69) is 16.8 Å². The molecule has 0 bridgehead atoms. The van der Waals surface area contributed by atoms with E-state index in [9.17, 15) is 18.7 Å². The Kier molecular flexibility index (Phi) is 8.11. The molecule has 0 radical (unpaired) electrons. The van der Waals surface area contributed by atoms with Gasteiger partial charge in [0.05, 0.1) is 25.1 Å². The second kappa shape index (κ2) is 11.4. The van der Waals surface area contributed by atoms with Gasteiger partial charge in [-0.2, -0.15) is 0 Å². The van der Waals surface area contributed by atoms with E-state index < -0.39 is 29.7 Å². The van der Waals surface area contributed by atoms with Gasteiger partial charge in [0.15, 0.2) is 11.6 Å². The smallest absolute Gasteiger partial charge is 0.308 e. The lowest BCUT2D eigenvalue weighted by Gasteiger charge is -2.35. The summed E-state index contributed by atoms with van der Waals surface area (Å²) in [6, 6.07) is 10.4. The number of carbonyl (C=O) groups is 1. The first kappa shape index (κ1) is 25.5. The zero-order chi connectivity index (χ0) is 25.7. The number of aliphatic carboxylic acids is 1. The number of piperidine rings is 1. The third-order valence-electron chi connectivity index (χ3n) is 6.72. The van der Waals surface area contributed by atoms with Crippen molar-refractivity contribution in [1.82, 2.24) is 9.88 Å². The molecule has 1 saturated heterocycles. The largest absolute Gasteiger partial charge is 0.497 e. The monoisotopic (exact) mass is 496 g/mol. The van der Waals surface area contributed by atoms with Gasteiger partial charge in [-0.25, -0.2) is 13.2 Å². The second-order valence-electron chi connectivity index (χ2n) is 8.99. The van der Waals surface area contributed by atoms with E-state index >= 15 is 4.39 Å². The minimum atomic E-state index is -1.25. The van der Waals surface area contributed by atoms with E-state index in [4.69, 9.17) is 4.74 Å². The summed E-state index contributed by atoms with van der Waals surface area (Å²) in [5.74, 6) is 2.73. The zero-order valence-electron chi connectivity index (χ0n) is 19.9. The predicted molar refractivity (Wildman–Crippen MR) is 130 cm³/mol. The van der Waals surface area contributed by atoms with Crippen LogP contribution in [0.4, 0.5) is 13.2 Å². The molecule has 5 nitrogen and oxygen atoms in total. The Balaban J connectivity index is 1.37. The number of ether oxygens (including phenoxy) is 1. The highest BCUT2D eigenvalue weighted by Gasteiger charge is 2.34. The number of benzene rings is 2. The van der Waals surface area contributed by atoms with Crippen LogP contribution in [0.2, 0.25) is 0 Å². The van der Waals surface area contributed by atoms with Crippen LogP contribution in [-0.4, -0.2) is 47.7 Å². The van der Waals surface area contributed by atoms with Gasteiger partial charge in [-0.15, -0.1) is 0 Å². The van der Waals surface area contributed by atoms with Crippen molar-refractivity contribution >= 4 is 16.9 Å². The van der Waals surface area contributed by atoms with Gasteiger partial charge in [0.25, 0.3) is 0 Å². The van der Waals surface area contributed by atoms with E-state index in [0.29, 0.717) is 60.3 Å².